The lowest BCUT2D eigenvalue weighted by atomic mass is 10.1. The minimum atomic E-state index is -0.264. The Morgan fingerprint density at radius 1 is 0.969 bits per heavy atom. The van der Waals surface area contributed by atoms with Gasteiger partial charge in [0.15, 0.2) is 11.5 Å². The summed E-state index contributed by atoms with van der Waals surface area (Å²) < 4.78 is 11.2. The molecular weight excluding hydrogens is 448 g/mol. The maximum Gasteiger partial charge on any atom is 0.265 e. The van der Waals surface area contributed by atoms with Gasteiger partial charge in [0.1, 0.15) is 0 Å². The van der Waals surface area contributed by atoms with Gasteiger partial charge in [0.2, 0.25) is 0 Å². The molecule has 0 aliphatic heterocycles. The molecule has 0 aliphatic carbocycles. The lowest BCUT2D eigenvalue weighted by molar-refractivity contribution is 0.0952. The number of carbonyl (C=O) groups excluding carboxylic acids is 2. The molecular formula is C24H25ClN2O4S. The van der Waals surface area contributed by atoms with Gasteiger partial charge in [0, 0.05) is 12.1 Å². The van der Waals surface area contributed by atoms with Crippen LogP contribution in [0.15, 0.2) is 53.9 Å². The van der Waals surface area contributed by atoms with Crippen molar-refractivity contribution in [1.82, 2.24) is 5.32 Å². The largest absolute Gasteiger partial charge is 0.490 e. The van der Waals surface area contributed by atoms with Crippen molar-refractivity contribution in [3.05, 3.63) is 74.9 Å². The monoisotopic (exact) mass is 472 g/mol. The quantitative estimate of drug-likeness (QED) is 0.413. The summed E-state index contributed by atoms with van der Waals surface area (Å²) in [6.07, 6.45) is 0.633. The van der Waals surface area contributed by atoms with E-state index in [1.54, 1.807) is 30.3 Å². The molecule has 0 unspecified atom stereocenters. The molecule has 2 amide bonds. The van der Waals surface area contributed by atoms with Crippen molar-refractivity contribution in [1.29, 1.82) is 0 Å². The van der Waals surface area contributed by atoms with Crippen LogP contribution in [0.5, 0.6) is 11.5 Å². The number of anilines is 1. The standard InChI is InChI=1S/C24H25ClN2O4S/c1-3-30-20-10-7-16(14-21(20)31-4-2)11-12-26-23(28)17-8-9-18(25)19(15-17)27-24(29)22-6-5-13-32-22/h5-10,13-15H,3-4,11-12H2,1-2H3,(H,26,28)(H,27,29). The minimum absolute atomic E-state index is 0.246. The van der Waals surface area contributed by atoms with Gasteiger partial charge >= 0.3 is 0 Å². The van der Waals surface area contributed by atoms with Gasteiger partial charge in [-0.3, -0.25) is 9.59 Å². The lowest BCUT2D eigenvalue weighted by Crippen LogP contribution is -2.26. The maximum absolute atomic E-state index is 12.6. The number of nitrogens with one attached hydrogen (secondary N) is 2. The van der Waals surface area contributed by atoms with Gasteiger partial charge in [-0.1, -0.05) is 23.7 Å². The lowest BCUT2D eigenvalue weighted by Gasteiger charge is -2.13. The Hall–Kier alpha value is -3.03. The van der Waals surface area contributed by atoms with Crippen LogP contribution < -0.4 is 20.1 Å². The summed E-state index contributed by atoms with van der Waals surface area (Å²) in [5.74, 6) is 0.895. The molecule has 32 heavy (non-hydrogen) atoms. The van der Waals surface area contributed by atoms with Crippen molar-refractivity contribution in [3.8, 4) is 11.5 Å². The van der Waals surface area contributed by atoms with Gasteiger partial charge in [-0.2, -0.15) is 0 Å². The summed E-state index contributed by atoms with van der Waals surface area (Å²) >= 11 is 7.53. The van der Waals surface area contributed by atoms with E-state index >= 15 is 0 Å². The van der Waals surface area contributed by atoms with Crippen LogP contribution in [0.1, 0.15) is 39.4 Å². The number of hydrogen-bond donors (Lipinski definition) is 2. The molecule has 3 rings (SSSR count). The van der Waals surface area contributed by atoms with Crippen molar-refractivity contribution in [2.24, 2.45) is 0 Å². The molecule has 0 saturated heterocycles. The molecule has 1 heterocycles. The summed E-state index contributed by atoms with van der Waals surface area (Å²) in [6.45, 7) is 5.40. The first kappa shape index (κ1) is 23.6. The minimum Gasteiger partial charge on any atom is -0.490 e. The third-order valence-electron chi connectivity index (χ3n) is 4.53. The van der Waals surface area contributed by atoms with Gasteiger partial charge in [0.05, 0.1) is 28.8 Å². The molecule has 0 bridgehead atoms. The Balaban J connectivity index is 1.60. The van der Waals surface area contributed by atoms with Gasteiger partial charge in [-0.05, 0) is 67.6 Å². The zero-order valence-electron chi connectivity index (χ0n) is 17.9. The zero-order valence-corrected chi connectivity index (χ0v) is 19.5. The second-order valence-corrected chi connectivity index (χ2v) is 8.13. The van der Waals surface area contributed by atoms with Gasteiger partial charge < -0.3 is 20.1 Å². The van der Waals surface area contributed by atoms with Crippen molar-refractivity contribution in [2.45, 2.75) is 20.3 Å². The van der Waals surface area contributed by atoms with E-state index in [1.165, 1.54) is 11.3 Å². The van der Waals surface area contributed by atoms with E-state index in [-0.39, 0.29) is 11.8 Å². The van der Waals surface area contributed by atoms with E-state index < -0.39 is 0 Å². The number of carbonyl (C=O) groups is 2. The second kappa shape index (κ2) is 11.5. The summed E-state index contributed by atoms with van der Waals surface area (Å²) in [7, 11) is 0. The Kier molecular flexibility index (Phi) is 8.53. The fraction of sp³-hybridized carbons (Fsp3) is 0.250. The molecule has 3 aromatic rings. The predicted molar refractivity (Wildman–Crippen MR) is 129 cm³/mol. The molecule has 0 aliphatic rings. The number of amides is 2. The second-order valence-electron chi connectivity index (χ2n) is 6.78. The van der Waals surface area contributed by atoms with Crippen LogP contribution in [0.25, 0.3) is 0 Å². The molecule has 0 radical (unpaired) electrons. The summed E-state index contributed by atoms with van der Waals surface area (Å²) in [6, 6.07) is 14.1. The van der Waals surface area contributed by atoms with E-state index in [2.05, 4.69) is 10.6 Å². The van der Waals surface area contributed by atoms with Crippen LogP contribution in [-0.4, -0.2) is 31.6 Å². The van der Waals surface area contributed by atoms with E-state index in [1.807, 2.05) is 37.4 Å². The smallest absolute Gasteiger partial charge is 0.265 e. The van der Waals surface area contributed by atoms with Crippen LogP contribution >= 0.6 is 22.9 Å². The Morgan fingerprint density at radius 2 is 1.75 bits per heavy atom. The third-order valence-corrected chi connectivity index (χ3v) is 5.73. The van der Waals surface area contributed by atoms with Crippen LogP contribution in [0, 0.1) is 0 Å². The van der Waals surface area contributed by atoms with Crippen molar-refractivity contribution in [3.63, 3.8) is 0 Å². The highest BCUT2D eigenvalue weighted by Gasteiger charge is 2.13. The first-order chi connectivity index (χ1) is 15.5. The molecule has 6 nitrogen and oxygen atoms in total. The average Bonchev–Trinajstić information content (AvgIpc) is 3.32. The molecule has 0 atom stereocenters. The normalized spacial score (nSPS) is 10.5. The van der Waals surface area contributed by atoms with E-state index in [0.29, 0.717) is 58.8 Å². The fourth-order valence-electron chi connectivity index (χ4n) is 3.03. The molecule has 168 valence electrons. The number of rotatable bonds is 10. The highest BCUT2D eigenvalue weighted by molar-refractivity contribution is 7.12. The molecule has 0 fully saturated rings. The number of hydrogen-bond acceptors (Lipinski definition) is 5. The van der Waals surface area contributed by atoms with Crippen LogP contribution in [-0.2, 0) is 6.42 Å². The molecule has 0 saturated carbocycles. The average molecular weight is 473 g/mol. The van der Waals surface area contributed by atoms with E-state index in [4.69, 9.17) is 21.1 Å². The summed E-state index contributed by atoms with van der Waals surface area (Å²) in [5, 5.41) is 7.85. The highest BCUT2D eigenvalue weighted by atomic mass is 35.5. The SMILES string of the molecule is CCOc1ccc(CCNC(=O)c2ccc(Cl)c(NC(=O)c3cccs3)c2)cc1OCC. The van der Waals surface area contributed by atoms with Crippen LogP contribution in [0.3, 0.4) is 0 Å². The number of benzene rings is 2. The first-order valence-corrected chi connectivity index (χ1v) is 11.6. The Labute approximate surface area is 196 Å². The van der Waals surface area contributed by atoms with Gasteiger partial charge in [0.25, 0.3) is 11.8 Å². The van der Waals surface area contributed by atoms with E-state index in [9.17, 15) is 9.59 Å². The van der Waals surface area contributed by atoms with E-state index in [0.717, 1.165) is 5.56 Å². The van der Waals surface area contributed by atoms with Gasteiger partial charge in [-0.15, -0.1) is 11.3 Å². The zero-order chi connectivity index (χ0) is 22.9. The topological polar surface area (TPSA) is 76.7 Å². The summed E-state index contributed by atoms with van der Waals surface area (Å²) in [5.41, 5.74) is 1.83. The van der Waals surface area contributed by atoms with Crippen LogP contribution in [0.2, 0.25) is 5.02 Å². The van der Waals surface area contributed by atoms with Crippen molar-refractivity contribution < 1.29 is 19.1 Å². The van der Waals surface area contributed by atoms with Crippen molar-refractivity contribution in [2.75, 3.05) is 25.1 Å². The number of ether oxygens (including phenoxy) is 2. The Morgan fingerprint density at radius 3 is 2.47 bits per heavy atom. The van der Waals surface area contributed by atoms with Gasteiger partial charge in [-0.25, -0.2) is 0 Å². The molecule has 8 heteroatoms. The van der Waals surface area contributed by atoms with Crippen molar-refractivity contribution >= 4 is 40.4 Å². The fourth-order valence-corrected chi connectivity index (χ4v) is 3.81. The highest BCUT2D eigenvalue weighted by Crippen LogP contribution is 2.29. The Bertz CT molecular complexity index is 1070. The molecule has 1 aromatic heterocycles. The van der Waals surface area contributed by atoms with Crippen LogP contribution in [0.4, 0.5) is 5.69 Å². The maximum atomic E-state index is 12.6. The summed E-state index contributed by atoms with van der Waals surface area (Å²) in [4.78, 5) is 25.5. The molecule has 0 spiro atoms. The number of halogens is 1. The third kappa shape index (κ3) is 6.24. The molecule has 2 N–H and O–H groups in total. The predicted octanol–water partition coefficient (Wildman–Crippen LogP) is 5.42. The molecule has 2 aromatic carbocycles. The first-order valence-electron chi connectivity index (χ1n) is 10.3. The number of thiophene rings is 1.